The first-order valence-corrected chi connectivity index (χ1v) is 14.9. The average Bonchev–Trinajstić information content (AvgIpc) is 3.50. The first-order valence-electron chi connectivity index (χ1n) is 12.8. The molecule has 0 heterocycles. The van der Waals surface area contributed by atoms with Gasteiger partial charge in [-0.25, -0.2) is 12.2 Å². The second-order valence-electron chi connectivity index (χ2n) is 11.4. The van der Waals surface area contributed by atoms with Gasteiger partial charge in [0, 0.05) is 0 Å². The molecule has 0 atom stereocenters. The molecule has 0 aromatic heterocycles. The fourth-order valence-corrected chi connectivity index (χ4v) is 4.86. The molecule has 0 amide bonds. The van der Waals surface area contributed by atoms with Crippen LogP contribution in [0.15, 0.2) is 60.7 Å². The molecule has 0 unspecified atom stereocenters. The van der Waals surface area contributed by atoms with Gasteiger partial charge in [0.15, 0.2) is 0 Å². The van der Waals surface area contributed by atoms with E-state index < -0.39 is 0 Å². The topological polar surface area (TPSA) is 0 Å². The summed E-state index contributed by atoms with van der Waals surface area (Å²) in [6.07, 6.45) is 11.0. The van der Waals surface area contributed by atoms with E-state index in [1.807, 2.05) is 12.2 Å². The molecule has 0 spiro atoms. The molecule has 0 radical (unpaired) electrons. The Balaban J connectivity index is 0.000000743. The van der Waals surface area contributed by atoms with E-state index in [1.54, 1.807) is 24.3 Å². The Bertz CT molecular complexity index is 1170. The predicted octanol–water partition coefficient (Wildman–Crippen LogP) is 10.5. The van der Waals surface area contributed by atoms with Crippen LogP contribution in [0.5, 0.6) is 0 Å². The van der Waals surface area contributed by atoms with E-state index in [0.717, 1.165) is 17.9 Å². The molecular formula is C35H42Cl3Zr-3. The number of aryl methyl sites for hydroxylation is 2. The van der Waals surface area contributed by atoms with Crippen LogP contribution in [0, 0.1) is 32.1 Å². The third-order valence-corrected chi connectivity index (χ3v) is 6.60. The van der Waals surface area contributed by atoms with Gasteiger partial charge in [-0.2, -0.15) is 54.1 Å². The summed E-state index contributed by atoms with van der Waals surface area (Å²) in [6.45, 7) is 18.2. The standard InChI is InChI=1S/C23H29.C6H4Cl.C5H5.CH2.2ClH.Zr/c1-14-9-16-11-17-10-15(2)21(23(6,7)8)13-19(17)18(16)12-20(14)22(3,4)5;7-6-4-2-1-3-5-6;1-2-4-5-3-1;;;;/h9,12-13H,11H2,1-8H3;2-5H;1-3H,4H2;1H2;2*1H;/q3*-1;;;;. The van der Waals surface area contributed by atoms with E-state index in [1.165, 1.54) is 68.7 Å². The van der Waals surface area contributed by atoms with Crippen LogP contribution >= 0.6 is 36.4 Å². The molecule has 0 fully saturated rings. The summed E-state index contributed by atoms with van der Waals surface area (Å²) in [5, 5.41) is 0.763. The van der Waals surface area contributed by atoms with Gasteiger partial charge in [-0.3, -0.25) is 6.08 Å². The molecule has 39 heavy (non-hydrogen) atoms. The van der Waals surface area contributed by atoms with Crippen molar-refractivity contribution in [1.29, 1.82) is 0 Å². The van der Waals surface area contributed by atoms with Crippen molar-refractivity contribution in [2.45, 2.75) is 79.1 Å². The van der Waals surface area contributed by atoms with Crippen molar-refractivity contribution in [3.05, 3.63) is 117 Å². The predicted molar refractivity (Wildman–Crippen MR) is 174 cm³/mol. The second kappa shape index (κ2) is 16.9. The number of halogens is 3. The second-order valence-corrected chi connectivity index (χ2v) is 11.9. The maximum absolute atomic E-state index is 5.52. The Morgan fingerprint density at radius 3 is 1.82 bits per heavy atom. The summed E-state index contributed by atoms with van der Waals surface area (Å²) in [5.41, 5.74) is 11.6. The zero-order valence-electron chi connectivity index (χ0n) is 24.6. The molecule has 3 aromatic rings. The van der Waals surface area contributed by atoms with Gasteiger partial charge in [-0.05, 0) is 35.4 Å². The summed E-state index contributed by atoms with van der Waals surface area (Å²) in [4.78, 5) is 0. The van der Waals surface area contributed by atoms with Gasteiger partial charge in [0.25, 0.3) is 0 Å². The van der Waals surface area contributed by atoms with Gasteiger partial charge in [-0.1, -0.05) is 76.6 Å². The fourth-order valence-electron chi connectivity index (χ4n) is 4.73. The average molecular weight is 660 g/mol. The third kappa shape index (κ3) is 10.9. The molecule has 5 rings (SSSR count). The van der Waals surface area contributed by atoms with E-state index in [4.69, 9.17) is 11.6 Å². The monoisotopic (exact) mass is 657 g/mol. The molecule has 0 aliphatic heterocycles. The summed E-state index contributed by atoms with van der Waals surface area (Å²) in [5.74, 6) is 0. The van der Waals surface area contributed by atoms with E-state index in [2.05, 4.69) is 102 Å². The molecule has 0 bridgehead atoms. The molecule has 0 nitrogen and oxygen atoms in total. The van der Waals surface area contributed by atoms with Crippen LogP contribution in [0.4, 0.5) is 0 Å². The van der Waals surface area contributed by atoms with Crippen LogP contribution < -0.4 is 0 Å². The molecule has 2 aliphatic rings. The molecule has 0 saturated heterocycles. The van der Waals surface area contributed by atoms with Crippen molar-refractivity contribution < 1.29 is 24.2 Å². The minimum absolute atomic E-state index is 0. The fraction of sp³-hybridized carbons (Fsp3) is 0.343. The van der Waals surface area contributed by atoms with Crippen LogP contribution in [0.2, 0.25) is 5.02 Å². The van der Waals surface area contributed by atoms with Crippen molar-refractivity contribution in [3.8, 4) is 11.1 Å². The Kier molecular flexibility index (Phi) is 16.4. The van der Waals surface area contributed by atoms with Crippen LogP contribution in [0.25, 0.3) is 11.1 Å². The molecule has 4 heteroatoms. The Morgan fingerprint density at radius 2 is 1.41 bits per heavy atom. The number of allylic oxidation sites excluding steroid dienone is 4. The Hall–Kier alpha value is -1.24. The number of hydrogen-bond acceptors (Lipinski definition) is 0. The van der Waals surface area contributed by atoms with Crippen LogP contribution in [-0.4, -0.2) is 4.21 Å². The van der Waals surface area contributed by atoms with Crippen molar-refractivity contribution in [2.24, 2.45) is 0 Å². The number of benzene rings is 3. The van der Waals surface area contributed by atoms with Gasteiger partial charge >= 0.3 is 28.4 Å². The van der Waals surface area contributed by atoms with E-state index in [-0.39, 0.29) is 35.6 Å². The van der Waals surface area contributed by atoms with Crippen molar-refractivity contribution in [1.82, 2.24) is 0 Å². The molecule has 210 valence electrons. The van der Waals surface area contributed by atoms with Crippen LogP contribution in [-0.2, 0) is 41.5 Å². The first-order chi connectivity index (χ1) is 17.4. The quantitative estimate of drug-likeness (QED) is 0.165. The van der Waals surface area contributed by atoms with E-state index in [9.17, 15) is 0 Å². The van der Waals surface area contributed by atoms with Crippen molar-refractivity contribution in [2.75, 3.05) is 0 Å². The normalized spacial score (nSPS) is 12.1. The molecule has 0 N–H and O–H groups in total. The van der Waals surface area contributed by atoms with Gasteiger partial charge < -0.3 is 0 Å². The van der Waals surface area contributed by atoms with E-state index in [0.29, 0.717) is 0 Å². The Labute approximate surface area is 270 Å². The van der Waals surface area contributed by atoms with Gasteiger partial charge in [0.05, 0.1) is 0 Å². The van der Waals surface area contributed by atoms with Gasteiger partial charge in [-0.15, -0.1) is 59.5 Å². The molecular weight excluding hydrogens is 618 g/mol. The summed E-state index contributed by atoms with van der Waals surface area (Å²) in [6, 6.07) is 20.9. The van der Waals surface area contributed by atoms with Gasteiger partial charge in [0.1, 0.15) is 0 Å². The van der Waals surface area contributed by atoms with Crippen LogP contribution in [0.3, 0.4) is 0 Å². The molecule has 2 aliphatic carbocycles. The van der Waals surface area contributed by atoms with Crippen molar-refractivity contribution in [3.63, 3.8) is 0 Å². The minimum atomic E-state index is 0. The van der Waals surface area contributed by atoms with Crippen molar-refractivity contribution >= 4 is 40.6 Å². The number of fused-ring (bicyclic) bond motifs is 3. The van der Waals surface area contributed by atoms with Gasteiger partial charge in [0.2, 0.25) is 0 Å². The number of rotatable bonds is 0. The maximum atomic E-state index is 5.52. The molecule has 3 aromatic carbocycles. The van der Waals surface area contributed by atoms with Crippen LogP contribution in [0.1, 0.15) is 81.3 Å². The summed E-state index contributed by atoms with van der Waals surface area (Å²) >= 11 is 6.82. The SMILES string of the molecule is Cc1[c-]c2c(cc1C(C)(C)C)-c1cc(C(C)(C)C)c(C)cc1C2.Cl.Cl.Clc1cc[c-]cc1.[C-]1=CC=CC1.[CH2]=[Zr]. The zero-order valence-corrected chi connectivity index (χ0v) is 29.4. The third-order valence-electron chi connectivity index (χ3n) is 6.34. The zero-order chi connectivity index (χ0) is 27.8. The number of hydrogen-bond donors (Lipinski definition) is 0. The first kappa shape index (κ1) is 37.8. The van der Waals surface area contributed by atoms with E-state index >= 15 is 0 Å². The molecule has 0 saturated carbocycles. The Morgan fingerprint density at radius 1 is 0.846 bits per heavy atom. The summed E-state index contributed by atoms with van der Waals surface area (Å²) in [7, 11) is 0. The summed E-state index contributed by atoms with van der Waals surface area (Å²) < 4.78 is 3.34.